The summed E-state index contributed by atoms with van der Waals surface area (Å²) in [5, 5.41) is 11.7. The highest BCUT2D eigenvalue weighted by atomic mass is 35.5. The second-order valence-corrected chi connectivity index (χ2v) is 14.2. The number of carboxylic acids is 1. The summed E-state index contributed by atoms with van der Waals surface area (Å²) in [4.78, 5) is 37.3. The van der Waals surface area contributed by atoms with Gasteiger partial charge in [-0.3, -0.25) is 24.0 Å². The minimum absolute atomic E-state index is 0.00631. The van der Waals surface area contributed by atoms with Gasteiger partial charge in [-0.05, 0) is 82.6 Å². The van der Waals surface area contributed by atoms with Crippen molar-refractivity contribution in [2.75, 3.05) is 13.2 Å². The fourth-order valence-corrected chi connectivity index (χ4v) is 8.98. The lowest BCUT2D eigenvalue weighted by atomic mass is 9.75. The molecule has 2 aliphatic heterocycles. The summed E-state index contributed by atoms with van der Waals surface area (Å²) in [7, 11) is 0. The van der Waals surface area contributed by atoms with Crippen molar-refractivity contribution in [2.45, 2.75) is 83.5 Å². The number of aryl methyl sites for hydroxylation is 3. The lowest BCUT2D eigenvalue weighted by Crippen LogP contribution is -2.59. The Labute approximate surface area is 283 Å². The number of nitrogens with zero attached hydrogens (tertiary/aromatic N) is 4. The Morgan fingerprint density at radius 2 is 1.94 bits per heavy atom. The van der Waals surface area contributed by atoms with E-state index in [1.165, 1.54) is 11.3 Å². The second kappa shape index (κ2) is 12.7. The van der Waals surface area contributed by atoms with Crippen molar-refractivity contribution in [1.29, 1.82) is 0 Å². The number of alkyl halides is 3. The van der Waals surface area contributed by atoms with Crippen LogP contribution in [0.3, 0.4) is 0 Å². The molecule has 5 heterocycles. The van der Waals surface area contributed by atoms with Crippen LogP contribution in [0.15, 0.2) is 34.4 Å². The SMILES string of the molecule is Cc1cc(-c2cc(Cl)ccc2OCCn2c(C)nc3c(c2=O)C[C@H](N2C[C@H]4CC[C@@H]2CC4OC(F)(F)F)CC3)c2scc(C(=O)O)c2n1. The molecule has 2 bridgehead atoms. The molecule has 4 aromatic rings. The number of rotatable bonds is 8. The Hall–Kier alpha value is -3.52. The number of piperidine rings is 2. The van der Waals surface area contributed by atoms with E-state index in [1.807, 2.05) is 6.07 Å². The van der Waals surface area contributed by atoms with Crippen LogP contribution < -0.4 is 10.3 Å². The molecule has 8 rings (SSSR count). The topological polar surface area (TPSA) is 107 Å². The van der Waals surface area contributed by atoms with Crippen LogP contribution in [0.25, 0.3) is 21.3 Å². The van der Waals surface area contributed by atoms with Crippen LogP contribution in [0, 0.1) is 19.8 Å². The first kappa shape index (κ1) is 33.0. The molecule has 1 N–H and O–H groups in total. The number of ether oxygens (including phenoxy) is 2. The Balaban J connectivity index is 1.09. The van der Waals surface area contributed by atoms with Gasteiger partial charge < -0.3 is 9.84 Å². The third kappa shape index (κ3) is 6.33. The molecule has 0 amide bonds. The van der Waals surface area contributed by atoms with E-state index in [-0.39, 0.29) is 42.3 Å². The quantitative estimate of drug-likeness (QED) is 0.213. The van der Waals surface area contributed by atoms with Gasteiger partial charge >= 0.3 is 12.3 Å². The number of halogens is 4. The van der Waals surface area contributed by atoms with E-state index in [0.29, 0.717) is 69.4 Å². The van der Waals surface area contributed by atoms with Gasteiger partial charge in [-0.25, -0.2) is 9.78 Å². The van der Waals surface area contributed by atoms with Gasteiger partial charge in [0.1, 0.15) is 18.2 Å². The maximum atomic E-state index is 13.9. The summed E-state index contributed by atoms with van der Waals surface area (Å²) in [6.45, 7) is 4.56. The average molecular weight is 703 g/mol. The molecule has 1 aromatic carbocycles. The number of hydrogen-bond acceptors (Lipinski definition) is 8. The fourth-order valence-electron chi connectivity index (χ4n) is 7.79. The van der Waals surface area contributed by atoms with E-state index in [0.717, 1.165) is 30.5 Å². The molecule has 1 saturated carbocycles. The normalized spacial score (nSPS) is 22.6. The van der Waals surface area contributed by atoms with E-state index >= 15 is 0 Å². The Bertz CT molecular complexity index is 1960. The number of carbonyl (C=O) groups is 1. The number of pyridine rings is 1. The number of hydrogen-bond donors (Lipinski definition) is 1. The summed E-state index contributed by atoms with van der Waals surface area (Å²) < 4.78 is 52.0. The standard InChI is InChI=1S/C34H34ClF3N4O5S/c1-17-11-24(31-30(39-17)26(16-48-31)33(44)45)23-12-20(35)4-8-28(23)46-10-9-41-18(2)40-27-7-6-21(13-25(27)32(41)43)42-15-19-3-5-22(42)14-29(19)47-34(36,37)38/h4,8,11-12,16,19,21-22,29H,3,5-7,9-10,13-15H2,1-2H3,(H,44,45)/t19-,21-,22-,29?/m1/s1. The lowest BCUT2D eigenvalue weighted by Gasteiger charge is -2.52. The summed E-state index contributed by atoms with van der Waals surface area (Å²) in [5.74, 6) is -0.105. The molecule has 0 spiro atoms. The van der Waals surface area contributed by atoms with Gasteiger partial charge in [-0.2, -0.15) is 0 Å². The monoisotopic (exact) mass is 702 g/mol. The summed E-state index contributed by atoms with van der Waals surface area (Å²) in [6.07, 6.45) is -1.58. The van der Waals surface area contributed by atoms with Gasteiger partial charge in [-0.1, -0.05) is 11.6 Å². The summed E-state index contributed by atoms with van der Waals surface area (Å²) >= 11 is 7.69. The van der Waals surface area contributed by atoms with E-state index in [1.54, 1.807) is 42.0 Å². The van der Waals surface area contributed by atoms with Crippen molar-refractivity contribution < 1.29 is 32.5 Å². The van der Waals surface area contributed by atoms with Crippen molar-refractivity contribution in [2.24, 2.45) is 5.92 Å². The number of fused-ring (bicyclic) bond motifs is 5. The van der Waals surface area contributed by atoms with Gasteiger partial charge in [0.05, 0.1) is 34.1 Å². The first-order valence-corrected chi connectivity index (χ1v) is 17.3. The minimum Gasteiger partial charge on any atom is -0.491 e. The highest BCUT2D eigenvalue weighted by Crippen LogP contribution is 2.42. The molecule has 3 fully saturated rings. The minimum atomic E-state index is -4.63. The molecule has 9 nitrogen and oxygen atoms in total. The second-order valence-electron chi connectivity index (χ2n) is 12.9. The predicted octanol–water partition coefficient (Wildman–Crippen LogP) is 6.81. The molecular formula is C34H34ClF3N4O5S. The van der Waals surface area contributed by atoms with Crippen molar-refractivity contribution >= 4 is 39.1 Å². The molecule has 1 unspecified atom stereocenters. The number of aromatic nitrogens is 3. The maximum Gasteiger partial charge on any atom is 0.522 e. The molecular weight excluding hydrogens is 669 g/mol. The van der Waals surface area contributed by atoms with Crippen LogP contribution in [0.2, 0.25) is 5.02 Å². The molecule has 0 radical (unpaired) electrons. The molecule has 2 aliphatic carbocycles. The zero-order chi connectivity index (χ0) is 33.9. The van der Waals surface area contributed by atoms with Gasteiger partial charge in [0.2, 0.25) is 0 Å². The molecule has 2 saturated heterocycles. The number of benzene rings is 1. The Morgan fingerprint density at radius 3 is 2.67 bits per heavy atom. The molecule has 3 aromatic heterocycles. The third-order valence-corrected chi connectivity index (χ3v) is 11.2. The predicted molar refractivity (Wildman–Crippen MR) is 175 cm³/mol. The van der Waals surface area contributed by atoms with Crippen LogP contribution in [0.4, 0.5) is 13.2 Å². The molecule has 4 aliphatic rings. The van der Waals surface area contributed by atoms with Crippen LogP contribution >= 0.6 is 22.9 Å². The molecule has 14 heteroatoms. The Kier molecular flexibility index (Phi) is 8.76. The van der Waals surface area contributed by atoms with Crippen LogP contribution in [0.1, 0.15) is 58.8 Å². The first-order valence-electron chi connectivity index (χ1n) is 16.0. The van der Waals surface area contributed by atoms with E-state index in [9.17, 15) is 27.9 Å². The molecule has 254 valence electrons. The number of aromatic carboxylic acids is 1. The zero-order valence-electron chi connectivity index (χ0n) is 26.3. The van der Waals surface area contributed by atoms with Crippen molar-refractivity contribution in [1.82, 2.24) is 19.4 Å². The van der Waals surface area contributed by atoms with Gasteiger partial charge in [-0.15, -0.1) is 24.5 Å². The van der Waals surface area contributed by atoms with E-state index in [4.69, 9.17) is 21.3 Å². The van der Waals surface area contributed by atoms with E-state index in [2.05, 4.69) is 14.6 Å². The van der Waals surface area contributed by atoms with Gasteiger partial charge in [0, 0.05) is 51.4 Å². The fraction of sp³-hybridized carbons (Fsp3) is 0.471. The first-order chi connectivity index (χ1) is 22.9. The number of carboxylic acid groups (broad SMARTS) is 1. The molecule has 4 atom stereocenters. The third-order valence-electron chi connectivity index (χ3n) is 9.95. The average Bonchev–Trinajstić information content (AvgIpc) is 3.46. The van der Waals surface area contributed by atoms with Crippen LogP contribution in [0.5, 0.6) is 5.75 Å². The highest BCUT2D eigenvalue weighted by molar-refractivity contribution is 7.18. The summed E-state index contributed by atoms with van der Waals surface area (Å²) in [5.41, 5.74) is 3.96. The van der Waals surface area contributed by atoms with Crippen LogP contribution in [-0.4, -0.2) is 68.2 Å². The van der Waals surface area contributed by atoms with Crippen molar-refractivity contribution in [3.05, 3.63) is 73.4 Å². The number of thiophene rings is 1. The van der Waals surface area contributed by atoms with Crippen molar-refractivity contribution in [3.63, 3.8) is 0 Å². The largest absolute Gasteiger partial charge is 0.522 e. The smallest absolute Gasteiger partial charge is 0.491 e. The highest BCUT2D eigenvalue weighted by Gasteiger charge is 2.47. The molecule has 48 heavy (non-hydrogen) atoms. The maximum absolute atomic E-state index is 13.9. The van der Waals surface area contributed by atoms with Gasteiger partial charge in [0.15, 0.2) is 0 Å². The van der Waals surface area contributed by atoms with Gasteiger partial charge in [0.25, 0.3) is 5.56 Å². The lowest BCUT2D eigenvalue weighted by molar-refractivity contribution is -0.356. The van der Waals surface area contributed by atoms with Crippen LogP contribution in [-0.2, 0) is 24.1 Å². The summed E-state index contributed by atoms with van der Waals surface area (Å²) in [6, 6.07) is 7.19. The Morgan fingerprint density at radius 1 is 1.12 bits per heavy atom. The van der Waals surface area contributed by atoms with E-state index < -0.39 is 18.4 Å². The van der Waals surface area contributed by atoms with Crippen molar-refractivity contribution in [3.8, 4) is 16.9 Å². The zero-order valence-corrected chi connectivity index (χ0v) is 27.9.